The zero-order valence-electron chi connectivity index (χ0n) is 19.4. The first kappa shape index (κ1) is 27.7. The SMILES string of the molecule is O=C(O)CN1C(=O)C2Sc3[nH]c(=O)sc3[C@@H](c3cc(Br)ccc3OCC(=O)Nc3ccc(Cl)c(Cl)c3)C2C1=O. The Morgan fingerprint density at radius 1 is 1.10 bits per heavy atom. The smallest absolute Gasteiger partial charge is 0.323 e. The molecule has 39 heavy (non-hydrogen) atoms. The van der Waals surface area contributed by atoms with Crippen LogP contribution in [0.1, 0.15) is 16.4 Å². The number of aliphatic carboxylic acids is 1. The van der Waals surface area contributed by atoms with Crippen LogP contribution in [0.5, 0.6) is 5.75 Å². The lowest BCUT2D eigenvalue weighted by atomic mass is 9.82. The van der Waals surface area contributed by atoms with Gasteiger partial charge in [0.05, 0.1) is 21.0 Å². The molecule has 10 nitrogen and oxygen atoms in total. The number of benzene rings is 2. The van der Waals surface area contributed by atoms with Crippen molar-refractivity contribution in [3.05, 3.63) is 71.0 Å². The molecule has 3 atom stereocenters. The minimum Gasteiger partial charge on any atom is -0.483 e. The lowest BCUT2D eigenvalue weighted by molar-refractivity contribution is -0.149. The lowest BCUT2D eigenvalue weighted by Gasteiger charge is -2.31. The van der Waals surface area contributed by atoms with E-state index in [0.29, 0.717) is 30.6 Å². The number of thioether (sulfide) groups is 1. The van der Waals surface area contributed by atoms with Crippen LogP contribution in [-0.2, 0) is 19.2 Å². The fraction of sp³-hybridized carbons (Fsp3) is 0.208. The third-order valence-corrected chi connectivity index (χ3v) is 9.71. The highest BCUT2D eigenvalue weighted by molar-refractivity contribution is 9.10. The van der Waals surface area contributed by atoms with Crippen LogP contribution in [0.3, 0.4) is 0 Å². The van der Waals surface area contributed by atoms with E-state index in [1.165, 1.54) is 12.1 Å². The summed E-state index contributed by atoms with van der Waals surface area (Å²) in [5, 5.41) is 12.0. The average Bonchev–Trinajstić information content (AvgIpc) is 3.36. The third-order valence-electron chi connectivity index (χ3n) is 6.08. The predicted molar refractivity (Wildman–Crippen MR) is 149 cm³/mol. The first-order valence-electron chi connectivity index (χ1n) is 11.2. The number of carboxylic acids is 1. The molecule has 3 heterocycles. The summed E-state index contributed by atoms with van der Waals surface area (Å²) in [4.78, 5) is 66.4. The number of amides is 3. The molecular weight excluding hydrogens is 657 g/mol. The highest BCUT2D eigenvalue weighted by Crippen LogP contribution is 2.54. The number of thiazole rings is 1. The Bertz CT molecular complexity index is 1590. The molecule has 5 rings (SSSR count). The molecule has 2 aliphatic rings. The molecule has 2 aromatic carbocycles. The molecule has 0 saturated carbocycles. The number of likely N-dealkylation sites (tertiary alicyclic amines) is 1. The Labute approximate surface area is 246 Å². The van der Waals surface area contributed by atoms with Crippen molar-refractivity contribution in [3.8, 4) is 5.75 Å². The predicted octanol–water partition coefficient (Wildman–Crippen LogP) is 4.20. The van der Waals surface area contributed by atoms with Gasteiger partial charge in [0.15, 0.2) is 6.61 Å². The molecule has 1 aromatic heterocycles. The van der Waals surface area contributed by atoms with Crippen LogP contribution in [0.4, 0.5) is 5.69 Å². The molecule has 15 heteroatoms. The van der Waals surface area contributed by atoms with Crippen LogP contribution < -0.4 is 14.9 Å². The van der Waals surface area contributed by atoms with Crippen LogP contribution in [0.25, 0.3) is 0 Å². The minimum atomic E-state index is -1.32. The van der Waals surface area contributed by atoms with Crippen molar-refractivity contribution in [3.63, 3.8) is 0 Å². The van der Waals surface area contributed by atoms with E-state index in [9.17, 15) is 29.1 Å². The van der Waals surface area contributed by atoms with Crippen molar-refractivity contribution in [1.82, 2.24) is 9.88 Å². The second-order valence-corrected chi connectivity index (χ2v) is 12.5. The summed E-state index contributed by atoms with van der Waals surface area (Å²) < 4.78 is 6.50. The Morgan fingerprint density at radius 3 is 2.59 bits per heavy atom. The van der Waals surface area contributed by atoms with Crippen LogP contribution in [0, 0.1) is 5.92 Å². The van der Waals surface area contributed by atoms with Gasteiger partial charge < -0.3 is 20.1 Å². The van der Waals surface area contributed by atoms with Crippen molar-refractivity contribution in [2.24, 2.45) is 5.92 Å². The van der Waals surface area contributed by atoms with Gasteiger partial charge >= 0.3 is 10.8 Å². The molecule has 0 aliphatic carbocycles. The summed E-state index contributed by atoms with van der Waals surface area (Å²) in [5.74, 6) is -4.65. The van der Waals surface area contributed by atoms with Gasteiger partial charge in [-0.05, 0) is 36.4 Å². The quantitative estimate of drug-likeness (QED) is 0.317. The molecular formula is C24H16BrCl2N3O7S2. The number of rotatable bonds is 7. The summed E-state index contributed by atoms with van der Waals surface area (Å²) in [6, 6.07) is 9.59. The van der Waals surface area contributed by atoms with Crippen LogP contribution in [0.15, 0.2) is 50.7 Å². The van der Waals surface area contributed by atoms with E-state index in [-0.39, 0.29) is 15.6 Å². The van der Waals surface area contributed by atoms with Crippen molar-refractivity contribution < 1.29 is 29.0 Å². The summed E-state index contributed by atoms with van der Waals surface area (Å²) >= 11 is 17.3. The van der Waals surface area contributed by atoms with E-state index in [1.807, 2.05) is 0 Å². The van der Waals surface area contributed by atoms with Gasteiger partial charge in [-0.1, -0.05) is 62.2 Å². The molecule has 3 aromatic rings. The number of carbonyl (C=O) groups is 4. The maximum absolute atomic E-state index is 13.4. The molecule has 0 spiro atoms. The van der Waals surface area contributed by atoms with Gasteiger partial charge in [-0.15, -0.1) is 0 Å². The summed E-state index contributed by atoms with van der Waals surface area (Å²) in [6.07, 6.45) is 0. The number of aromatic nitrogens is 1. The zero-order chi connectivity index (χ0) is 28.0. The maximum atomic E-state index is 13.4. The van der Waals surface area contributed by atoms with Gasteiger partial charge in [-0.3, -0.25) is 28.9 Å². The molecule has 3 N–H and O–H groups in total. The highest BCUT2D eigenvalue weighted by Gasteiger charge is 2.56. The van der Waals surface area contributed by atoms with Crippen LogP contribution in [0.2, 0.25) is 10.0 Å². The van der Waals surface area contributed by atoms with E-state index < -0.39 is 53.9 Å². The molecule has 1 saturated heterocycles. The first-order valence-corrected chi connectivity index (χ1v) is 14.4. The Kier molecular flexibility index (Phi) is 7.80. The Balaban J connectivity index is 1.48. The molecule has 0 radical (unpaired) electrons. The fourth-order valence-corrected chi connectivity index (χ4v) is 7.71. The van der Waals surface area contributed by atoms with E-state index in [0.717, 1.165) is 28.0 Å². The third kappa shape index (κ3) is 5.46. The minimum absolute atomic E-state index is 0.252. The molecule has 0 bridgehead atoms. The van der Waals surface area contributed by atoms with Gasteiger partial charge in [0.1, 0.15) is 17.5 Å². The number of ether oxygens (including phenoxy) is 1. The number of hydrogen-bond acceptors (Lipinski definition) is 8. The topological polar surface area (TPSA) is 146 Å². The number of fused-ring (bicyclic) bond motifs is 2. The Hall–Kier alpha value is -2.84. The van der Waals surface area contributed by atoms with Gasteiger partial charge in [0.25, 0.3) is 5.91 Å². The number of imide groups is 1. The van der Waals surface area contributed by atoms with E-state index >= 15 is 0 Å². The van der Waals surface area contributed by atoms with E-state index in [1.54, 1.807) is 24.3 Å². The van der Waals surface area contributed by atoms with Crippen molar-refractivity contribution in [2.45, 2.75) is 16.2 Å². The van der Waals surface area contributed by atoms with E-state index in [2.05, 4.69) is 26.2 Å². The molecule has 1 fully saturated rings. The highest BCUT2D eigenvalue weighted by atomic mass is 79.9. The molecule has 2 aliphatic heterocycles. The monoisotopic (exact) mass is 671 g/mol. The molecule has 3 amide bonds. The van der Waals surface area contributed by atoms with Crippen molar-refractivity contribution in [2.75, 3.05) is 18.5 Å². The largest absolute Gasteiger partial charge is 0.483 e. The summed E-state index contributed by atoms with van der Waals surface area (Å²) in [6.45, 7) is -1.17. The molecule has 202 valence electrons. The second-order valence-electron chi connectivity index (χ2n) is 8.55. The second kappa shape index (κ2) is 11.0. The van der Waals surface area contributed by atoms with Crippen LogP contribution >= 0.6 is 62.2 Å². The number of nitrogens with one attached hydrogen (secondary N) is 2. The lowest BCUT2D eigenvalue weighted by Crippen LogP contribution is -2.36. The maximum Gasteiger partial charge on any atom is 0.323 e. The van der Waals surface area contributed by atoms with Crippen molar-refractivity contribution in [1.29, 1.82) is 0 Å². The molecule has 2 unspecified atom stereocenters. The number of nitrogens with zero attached hydrogens (tertiary/aromatic N) is 1. The van der Waals surface area contributed by atoms with Gasteiger partial charge in [0, 0.05) is 26.5 Å². The number of carboxylic acid groups (broad SMARTS) is 1. The van der Waals surface area contributed by atoms with Crippen LogP contribution in [-0.4, -0.2) is 57.1 Å². The number of carbonyl (C=O) groups excluding carboxylic acids is 3. The number of H-pyrrole nitrogens is 1. The number of halogens is 3. The van der Waals surface area contributed by atoms with Gasteiger partial charge in [-0.2, -0.15) is 0 Å². The standard InChI is InChI=1S/C24H16BrCl2N3O7S2/c25-9-1-4-14(37-8-15(31)28-10-2-3-12(26)13(27)6-10)11(5-9)17-18-20(38-21-19(17)39-24(36)29-21)23(35)30(22(18)34)7-16(32)33/h1-6,17-18,20H,7-8H2,(H,28,31)(H,29,36)(H,32,33)/t17-,18?,20?/m0/s1. The van der Waals surface area contributed by atoms with Gasteiger partial charge in [-0.25, -0.2) is 0 Å². The first-order chi connectivity index (χ1) is 18.5. The van der Waals surface area contributed by atoms with Crippen molar-refractivity contribution >= 4 is 91.6 Å². The normalized spacial score (nSPS) is 20.0. The fourth-order valence-electron chi connectivity index (χ4n) is 4.51. The number of hydrogen-bond donors (Lipinski definition) is 3. The average molecular weight is 673 g/mol. The number of aromatic amines is 1. The Morgan fingerprint density at radius 2 is 1.87 bits per heavy atom. The zero-order valence-corrected chi connectivity index (χ0v) is 24.1. The summed E-state index contributed by atoms with van der Waals surface area (Å²) in [7, 11) is 0. The summed E-state index contributed by atoms with van der Waals surface area (Å²) in [5.41, 5.74) is 0.869. The number of anilines is 1. The van der Waals surface area contributed by atoms with E-state index in [4.69, 9.17) is 27.9 Å². The van der Waals surface area contributed by atoms with Gasteiger partial charge in [0.2, 0.25) is 11.8 Å².